The zero-order valence-electron chi connectivity index (χ0n) is 9.04. The highest BCUT2D eigenvalue weighted by Gasteiger charge is 2.61. The lowest BCUT2D eigenvalue weighted by Gasteiger charge is -2.30. The van der Waals surface area contributed by atoms with E-state index in [0.717, 1.165) is 0 Å². The molecule has 4 N–H and O–H groups in total. The standard InChI is InChI=1S/C8H15N2O6P/c9-1-6(12)10-3-8(4-11)7(16-17(13)14)5(10)2-15-8/h5,7,11,17H,1-4,9H2,(H,13,14)/t5?,7?,8-/m1/s1. The van der Waals surface area contributed by atoms with Gasteiger partial charge in [-0.05, 0) is 0 Å². The van der Waals surface area contributed by atoms with E-state index in [1.165, 1.54) is 4.90 Å². The van der Waals surface area contributed by atoms with Crippen molar-refractivity contribution in [2.75, 3.05) is 26.3 Å². The third-order valence-corrected chi connectivity index (χ3v) is 3.69. The third-order valence-electron chi connectivity index (χ3n) is 3.24. The second kappa shape index (κ2) is 4.64. The highest BCUT2D eigenvalue weighted by Crippen LogP contribution is 2.42. The van der Waals surface area contributed by atoms with Gasteiger partial charge in [0.15, 0.2) is 0 Å². The molecule has 1 amide bonds. The molecule has 9 heteroatoms. The summed E-state index contributed by atoms with van der Waals surface area (Å²) in [5, 5.41) is 9.35. The summed E-state index contributed by atoms with van der Waals surface area (Å²) >= 11 is 0. The van der Waals surface area contributed by atoms with Crippen LogP contribution in [0.3, 0.4) is 0 Å². The second-order valence-corrected chi connectivity index (χ2v) is 4.90. The molecule has 0 aromatic heterocycles. The number of hydrogen-bond acceptors (Lipinski definition) is 6. The molecule has 0 aromatic rings. The Kier molecular flexibility index (Phi) is 3.53. The van der Waals surface area contributed by atoms with Gasteiger partial charge in [-0.25, -0.2) is 0 Å². The van der Waals surface area contributed by atoms with Crippen LogP contribution in [0.2, 0.25) is 0 Å². The van der Waals surface area contributed by atoms with Crippen molar-refractivity contribution >= 4 is 14.2 Å². The van der Waals surface area contributed by atoms with Crippen LogP contribution in [0.1, 0.15) is 0 Å². The van der Waals surface area contributed by atoms with Crippen LogP contribution < -0.4 is 5.73 Å². The third kappa shape index (κ3) is 2.01. The van der Waals surface area contributed by atoms with E-state index in [0.29, 0.717) is 0 Å². The Labute approximate surface area is 98.2 Å². The van der Waals surface area contributed by atoms with E-state index in [2.05, 4.69) is 0 Å². The number of aliphatic hydroxyl groups is 1. The molecule has 2 saturated heterocycles. The number of nitrogens with zero attached hydrogens (tertiary/aromatic N) is 1. The Morgan fingerprint density at radius 2 is 2.41 bits per heavy atom. The Hall–Kier alpha value is -0.500. The Morgan fingerprint density at radius 3 is 2.94 bits per heavy atom. The summed E-state index contributed by atoms with van der Waals surface area (Å²) in [4.78, 5) is 21.8. The van der Waals surface area contributed by atoms with E-state index in [1.807, 2.05) is 0 Å². The SMILES string of the molecule is NCC(=O)N1C[C@]2(CO)OCC1C2O[PH](=O)O. The van der Waals surface area contributed by atoms with Crippen LogP contribution in [-0.4, -0.2) is 64.9 Å². The van der Waals surface area contributed by atoms with Crippen molar-refractivity contribution in [3.63, 3.8) is 0 Å². The van der Waals surface area contributed by atoms with Gasteiger partial charge >= 0.3 is 8.25 Å². The average molecular weight is 266 g/mol. The number of hydrogen-bond donors (Lipinski definition) is 3. The number of nitrogens with two attached hydrogens (primary N) is 1. The number of carbonyl (C=O) groups excluding carboxylic acids is 1. The number of fused-ring (bicyclic) bond motifs is 2. The van der Waals surface area contributed by atoms with Crippen molar-refractivity contribution in [2.45, 2.75) is 17.7 Å². The maximum atomic E-state index is 11.6. The van der Waals surface area contributed by atoms with Crippen molar-refractivity contribution in [2.24, 2.45) is 5.73 Å². The number of ether oxygens (including phenoxy) is 1. The maximum absolute atomic E-state index is 11.6. The van der Waals surface area contributed by atoms with E-state index >= 15 is 0 Å². The fraction of sp³-hybridized carbons (Fsp3) is 0.875. The molecule has 8 nitrogen and oxygen atoms in total. The summed E-state index contributed by atoms with van der Waals surface area (Å²) in [5.41, 5.74) is 4.18. The molecule has 2 bridgehead atoms. The normalized spacial score (nSPS) is 37.5. The number of likely N-dealkylation sites (tertiary alicyclic amines) is 1. The lowest BCUT2D eigenvalue weighted by atomic mass is 10.0. The summed E-state index contributed by atoms with van der Waals surface area (Å²) in [6, 6.07) is -0.459. The fourth-order valence-electron chi connectivity index (χ4n) is 2.44. The quantitative estimate of drug-likeness (QED) is 0.488. The molecule has 2 heterocycles. The number of amides is 1. The van der Waals surface area contributed by atoms with Crippen molar-refractivity contribution in [3.8, 4) is 0 Å². The van der Waals surface area contributed by atoms with Crippen LogP contribution in [0.4, 0.5) is 0 Å². The Balaban J connectivity index is 2.21. The Bertz CT molecular complexity index is 353. The zero-order valence-corrected chi connectivity index (χ0v) is 10.0. The van der Waals surface area contributed by atoms with Gasteiger partial charge in [-0.15, -0.1) is 0 Å². The molecule has 17 heavy (non-hydrogen) atoms. The van der Waals surface area contributed by atoms with Crippen molar-refractivity contribution < 1.29 is 28.6 Å². The highest BCUT2D eigenvalue weighted by atomic mass is 31.1. The molecule has 0 radical (unpaired) electrons. The minimum Gasteiger partial charge on any atom is -0.393 e. The van der Waals surface area contributed by atoms with Gasteiger partial charge in [0.1, 0.15) is 11.7 Å². The predicted molar refractivity (Wildman–Crippen MR) is 56.4 cm³/mol. The molecule has 0 aromatic carbocycles. The van der Waals surface area contributed by atoms with Crippen molar-refractivity contribution in [3.05, 3.63) is 0 Å². The smallest absolute Gasteiger partial charge is 0.317 e. The number of rotatable bonds is 4. The first-order valence-electron chi connectivity index (χ1n) is 5.18. The molecule has 98 valence electrons. The van der Waals surface area contributed by atoms with Crippen molar-refractivity contribution in [1.82, 2.24) is 4.90 Å². The zero-order chi connectivity index (χ0) is 12.6. The molecule has 2 rings (SSSR count). The van der Waals surface area contributed by atoms with Gasteiger partial charge in [0, 0.05) is 0 Å². The molecule has 2 fully saturated rings. The van der Waals surface area contributed by atoms with Crippen LogP contribution in [-0.2, 0) is 18.6 Å². The van der Waals surface area contributed by atoms with Crippen LogP contribution in [0.5, 0.6) is 0 Å². The van der Waals surface area contributed by atoms with E-state index in [-0.39, 0.29) is 32.2 Å². The molecule has 2 aliphatic rings. The average Bonchev–Trinajstić information content (AvgIpc) is 2.80. The lowest BCUT2D eigenvalue weighted by molar-refractivity contribution is -0.139. The van der Waals surface area contributed by atoms with Gasteiger partial charge in [-0.1, -0.05) is 0 Å². The fourth-order valence-corrected chi connectivity index (χ4v) is 3.03. The minimum atomic E-state index is -3.16. The number of morpholine rings is 1. The Morgan fingerprint density at radius 1 is 1.71 bits per heavy atom. The van der Waals surface area contributed by atoms with Gasteiger partial charge in [0.05, 0.1) is 32.3 Å². The molecule has 3 unspecified atom stereocenters. The highest BCUT2D eigenvalue weighted by molar-refractivity contribution is 7.32. The minimum absolute atomic E-state index is 0.129. The molecule has 2 aliphatic heterocycles. The van der Waals surface area contributed by atoms with Crippen molar-refractivity contribution in [1.29, 1.82) is 0 Å². The van der Waals surface area contributed by atoms with Gasteiger partial charge in [-0.3, -0.25) is 9.36 Å². The van der Waals surface area contributed by atoms with Gasteiger partial charge < -0.3 is 29.9 Å². The largest absolute Gasteiger partial charge is 0.393 e. The van der Waals surface area contributed by atoms with E-state index in [4.69, 9.17) is 19.9 Å². The molecule has 0 aliphatic carbocycles. The first-order valence-corrected chi connectivity index (χ1v) is 6.44. The summed E-state index contributed by atoms with van der Waals surface area (Å²) in [5.74, 6) is -0.292. The predicted octanol–water partition coefficient (Wildman–Crippen LogP) is -2.32. The maximum Gasteiger partial charge on any atom is 0.317 e. The second-order valence-electron chi connectivity index (χ2n) is 4.13. The summed E-state index contributed by atoms with van der Waals surface area (Å²) in [6.07, 6.45) is -0.778. The van der Waals surface area contributed by atoms with Crippen LogP contribution in [0, 0.1) is 0 Å². The van der Waals surface area contributed by atoms with Gasteiger partial charge in [-0.2, -0.15) is 0 Å². The van der Waals surface area contributed by atoms with E-state index < -0.39 is 26.0 Å². The molecular formula is C8H15N2O6P. The molecule has 4 atom stereocenters. The number of carbonyl (C=O) groups is 1. The summed E-state index contributed by atoms with van der Waals surface area (Å²) in [7, 11) is -3.16. The lowest BCUT2D eigenvalue weighted by Crippen LogP contribution is -2.49. The molecule has 0 saturated carbocycles. The van der Waals surface area contributed by atoms with Gasteiger partial charge in [0.2, 0.25) is 5.91 Å². The summed E-state index contributed by atoms with van der Waals surface area (Å²) in [6.45, 7) is -0.229. The molecular weight excluding hydrogens is 251 g/mol. The number of aliphatic hydroxyl groups excluding tert-OH is 1. The van der Waals surface area contributed by atoms with Crippen LogP contribution in [0.15, 0.2) is 0 Å². The monoisotopic (exact) mass is 266 g/mol. The first kappa shape index (κ1) is 12.9. The van der Waals surface area contributed by atoms with Crippen LogP contribution >= 0.6 is 8.25 Å². The van der Waals surface area contributed by atoms with E-state index in [9.17, 15) is 14.5 Å². The van der Waals surface area contributed by atoms with Crippen LogP contribution in [0.25, 0.3) is 0 Å². The first-order chi connectivity index (χ1) is 8.04. The molecule has 0 spiro atoms. The van der Waals surface area contributed by atoms with Gasteiger partial charge in [0.25, 0.3) is 0 Å². The summed E-state index contributed by atoms with van der Waals surface area (Å²) < 4.78 is 21.1. The topological polar surface area (TPSA) is 122 Å². The van der Waals surface area contributed by atoms with E-state index in [1.54, 1.807) is 0 Å².